The van der Waals surface area contributed by atoms with Crippen LogP contribution in [-0.2, 0) is 16.1 Å². The standard InChI is InChI=1S/C14H22N4O3/c1-17(9-13-15-10-21-16-13)11-4-6-18(7-5-11)14(19)12-3-2-8-20-12/h10-12H,2-9H2,1H3/t12-/m0/s1. The van der Waals surface area contributed by atoms with Gasteiger partial charge in [-0.25, -0.2) is 0 Å². The Morgan fingerprint density at radius 2 is 2.24 bits per heavy atom. The van der Waals surface area contributed by atoms with Gasteiger partial charge in [0.25, 0.3) is 5.91 Å². The number of hydrogen-bond acceptors (Lipinski definition) is 6. The Hall–Kier alpha value is -1.47. The van der Waals surface area contributed by atoms with Gasteiger partial charge < -0.3 is 14.2 Å². The summed E-state index contributed by atoms with van der Waals surface area (Å²) in [4.78, 5) is 20.5. The molecule has 2 aliphatic heterocycles. The minimum absolute atomic E-state index is 0.173. The summed E-state index contributed by atoms with van der Waals surface area (Å²) in [6.45, 7) is 3.01. The summed E-state index contributed by atoms with van der Waals surface area (Å²) in [5, 5.41) is 3.84. The SMILES string of the molecule is CN(Cc1ncon1)C1CCN(C(=O)[C@@H]2CCCO2)CC1. The van der Waals surface area contributed by atoms with E-state index >= 15 is 0 Å². The van der Waals surface area contributed by atoms with Crippen molar-refractivity contribution in [2.24, 2.45) is 0 Å². The molecule has 21 heavy (non-hydrogen) atoms. The smallest absolute Gasteiger partial charge is 0.251 e. The average Bonchev–Trinajstić information content (AvgIpc) is 3.20. The highest BCUT2D eigenvalue weighted by Crippen LogP contribution is 2.20. The van der Waals surface area contributed by atoms with Crippen molar-refractivity contribution in [3.05, 3.63) is 12.2 Å². The lowest BCUT2D eigenvalue weighted by Crippen LogP contribution is -2.48. The van der Waals surface area contributed by atoms with Gasteiger partial charge in [-0.3, -0.25) is 9.69 Å². The highest BCUT2D eigenvalue weighted by Gasteiger charge is 2.31. The zero-order valence-corrected chi connectivity index (χ0v) is 12.4. The van der Waals surface area contributed by atoms with Gasteiger partial charge in [0, 0.05) is 25.7 Å². The van der Waals surface area contributed by atoms with Crippen molar-refractivity contribution < 1.29 is 14.1 Å². The monoisotopic (exact) mass is 294 g/mol. The number of aromatic nitrogens is 2. The number of hydrogen-bond donors (Lipinski definition) is 0. The van der Waals surface area contributed by atoms with E-state index in [9.17, 15) is 4.79 Å². The molecule has 1 aromatic rings. The summed E-state index contributed by atoms with van der Waals surface area (Å²) >= 11 is 0. The number of rotatable bonds is 4. The summed E-state index contributed by atoms with van der Waals surface area (Å²) in [5.41, 5.74) is 0. The van der Waals surface area contributed by atoms with Crippen LogP contribution in [-0.4, -0.2) is 64.7 Å². The van der Waals surface area contributed by atoms with Crippen LogP contribution in [0, 0.1) is 0 Å². The summed E-state index contributed by atoms with van der Waals surface area (Å²) in [6.07, 6.45) is 4.99. The Kier molecular flexibility index (Phi) is 4.50. The van der Waals surface area contributed by atoms with Crippen LogP contribution in [0.15, 0.2) is 10.9 Å². The van der Waals surface area contributed by atoms with Gasteiger partial charge in [-0.05, 0) is 32.7 Å². The Bertz CT molecular complexity index is 451. The van der Waals surface area contributed by atoms with E-state index in [-0.39, 0.29) is 12.0 Å². The quantitative estimate of drug-likeness (QED) is 0.813. The van der Waals surface area contributed by atoms with E-state index in [1.54, 1.807) is 0 Å². The molecule has 2 fully saturated rings. The molecule has 0 aromatic carbocycles. The fourth-order valence-electron chi connectivity index (χ4n) is 3.12. The molecule has 0 N–H and O–H groups in total. The van der Waals surface area contributed by atoms with Gasteiger partial charge in [-0.1, -0.05) is 5.16 Å². The van der Waals surface area contributed by atoms with Crippen LogP contribution in [0.4, 0.5) is 0 Å². The zero-order valence-electron chi connectivity index (χ0n) is 12.4. The van der Waals surface area contributed by atoms with Crippen LogP contribution >= 0.6 is 0 Å². The van der Waals surface area contributed by atoms with Crippen molar-refractivity contribution in [2.75, 3.05) is 26.7 Å². The average molecular weight is 294 g/mol. The normalized spacial score (nSPS) is 23.9. The lowest BCUT2D eigenvalue weighted by Gasteiger charge is -2.37. The first-order chi connectivity index (χ1) is 10.2. The molecule has 0 spiro atoms. The molecule has 0 bridgehead atoms. The van der Waals surface area contributed by atoms with Gasteiger partial charge in [0.05, 0.1) is 6.54 Å². The van der Waals surface area contributed by atoms with Gasteiger partial charge >= 0.3 is 0 Å². The summed E-state index contributed by atoms with van der Waals surface area (Å²) in [5.74, 6) is 0.877. The van der Waals surface area contributed by atoms with E-state index in [0.29, 0.717) is 18.4 Å². The van der Waals surface area contributed by atoms with Gasteiger partial charge in [0.2, 0.25) is 6.39 Å². The molecule has 7 nitrogen and oxygen atoms in total. The lowest BCUT2D eigenvalue weighted by molar-refractivity contribution is -0.142. The highest BCUT2D eigenvalue weighted by atomic mass is 16.5. The van der Waals surface area contributed by atoms with Crippen LogP contribution in [0.25, 0.3) is 0 Å². The van der Waals surface area contributed by atoms with E-state index in [2.05, 4.69) is 22.1 Å². The molecule has 0 radical (unpaired) electrons. The molecule has 3 rings (SSSR count). The maximum Gasteiger partial charge on any atom is 0.251 e. The Morgan fingerprint density at radius 3 is 2.86 bits per heavy atom. The van der Waals surface area contributed by atoms with E-state index in [0.717, 1.165) is 45.4 Å². The first kappa shape index (κ1) is 14.5. The molecule has 0 unspecified atom stereocenters. The fraction of sp³-hybridized carbons (Fsp3) is 0.786. The second-order valence-corrected chi connectivity index (χ2v) is 5.82. The number of carbonyl (C=O) groups is 1. The molecule has 3 heterocycles. The number of amides is 1. The molecule has 1 atom stereocenters. The number of piperidine rings is 1. The van der Waals surface area contributed by atoms with Crippen molar-refractivity contribution in [3.63, 3.8) is 0 Å². The third-order valence-electron chi connectivity index (χ3n) is 4.40. The minimum Gasteiger partial charge on any atom is -0.368 e. The number of carbonyl (C=O) groups excluding carboxylic acids is 1. The Balaban J connectivity index is 1.47. The van der Waals surface area contributed by atoms with Crippen LogP contribution in [0.5, 0.6) is 0 Å². The van der Waals surface area contributed by atoms with E-state index in [1.807, 2.05) is 4.90 Å². The molecule has 0 aliphatic carbocycles. The zero-order chi connectivity index (χ0) is 14.7. The van der Waals surface area contributed by atoms with Gasteiger partial charge in [0.1, 0.15) is 6.10 Å². The third-order valence-corrected chi connectivity index (χ3v) is 4.40. The van der Waals surface area contributed by atoms with Gasteiger partial charge in [-0.2, -0.15) is 4.98 Å². The summed E-state index contributed by atoms with van der Waals surface area (Å²) < 4.78 is 10.2. The van der Waals surface area contributed by atoms with Crippen molar-refractivity contribution in [1.82, 2.24) is 19.9 Å². The van der Waals surface area contributed by atoms with Crippen LogP contribution in [0.3, 0.4) is 0 Å². The van der Waals surface area contributed by atoms with Crippen LogP contribution in [0.1, 0.15) is 31.5 Å². The summed E-state index contributed by atoms with van der Waals surface area (Å²) in [6, 6.07) is 0.456. The number of nitrogens with zero attached hydrogens (tertiary/aromatic N) is 4. The second kappa shape index (κ2) is 6.53. The number of ether oxygens (including phenoxy) is 1. The molecule has 2 saturated heterocycles. The molecular weight excluding hydrogens is 272 g/mol. The van der Waals surface area contributed by atoms with Crippen LogP contribution < -0.4 is 0 Å². The lowest BCUT2D eigenvalue weighted by atomic mass is 10.0. The van der Waals surface area contributed by atoms with Crippen LogP contribution in [0.2, 0.25) is 0 Å². The first-order valence-electron chi connectivity index (χ1n) is 7.60. The van der Waals surface area contributed by atoms with E-state index < -0.39 is 0 Å². The van der Waals surface area contributed by atoms with Crippen molar-refractivity contribution in [2.45, 2.75) is 44.4 Å². The maximum absolute atomic E-state index is 12.3. The highest BCUT2D eigenvalue weighted by molar-refractivity contribution is 5.81. The molecule has 2 aliphatic rings. The van der Waals surface area contributed by atoms with Gasteiger partial charge in [0.15, 0.2) is 5.82 Å². The second-order valence-electron chi connectivity index (χ2n) is 5.82. The Labute approximate surface area is 124 Å². The molecular formula is C14H22N4O3. The largest absolute Gasteiger partial charge is 0.368 e. The van der Waals surface area contributed by atoms with Crippen molar-refractivity contribution in [1.29, 1.82) is 0 Å². The van der Waals surface area contributed by atoms with Crippen molar-refractivity contribution in [3.8, 4) is 0 Å². The van der Waals surface area contributed by atoms with Gasteiger partial charge in [-0.15, -0.1) is 0 Å². The van der Waals surface area contributed by atoms with Crippen molar-refractivity contribution >= 4 is 5.91 Å². The Morgan fingerprint density at radius 1 is 1.43 bits per heavy atom. The predicted octanol–water partition coefficient (Wildman–Crippen LogP) is 0.671. The van der Waals surface area contributed by atoms with E-state index in [1.165, 1.54) is 6.39 Å². The summed E-state index contributed by atoms with van der Waals surface area (Å²) in [7, 11) is 2.07. The fourth-order valence-corrected chi connectivity index (χ4v) is 3.12. The molecule has 1 aromatic heterocycles. The maximum atomic E-state index is 12.3. The minimum atomic E-state index is -0.196. The molecule has 7 heteroatoms. The third kappa shape index (κ3) is 3.41. The number of likely N-dealkylation sites (tertiary alicyclic amines) is 1. The first-order valence-corrected chi connectivity index (χ1v) is 7.60. The predicted molar refractivity (Wildman–Crippen MR) is 74.3 cm³/mol. The topological polar surface area (TPSA) is 71.7 Å². The molecule has 116 valence electrons. The molecule has 0 saturated carbocycles. The van der Waals surface area contributed by atoms with E-state index in [4.69, 9.17) is 9.26 Å². The molecule has 1 amide bonds.